The quantitative estimate of drug-likeness (QED) is 0.541. The Morgan fingerprint density at radius 2 is 2.07 bits per heavy atom. The van der Waals surface area contributed by atoms with Crippen LogP contribution in [0, 0.1) is 0 Å². The maximum atomic E-state index is 11.4. The molecule has 1 aromatic carbocycles. The largest absolute Gasteiger partial charge is 0.497 e. The van der Waals surface area contributed by atoms with E-state index < -0.39 is 0 Å². The Morgan fingerprint density at radius 3 is 2.57 bits per heavy atom. The molecule has 0 bridgehead atoms. The number of benzene rings is 1. The predicted octanol–water partition coefficient (Wildman–Crippen LogP) is 2.07. The first-order chi connectivity index (χ1) is 6.72. The maximum absolute atomic E-state index is 11.4. The number of methoxy groups -OCH3 is 2. The molecule has 0 saturated heterocycles. The van der Waals surface area contributed by atoms with E-state index in [1.807, 2.05) is 0 Å². The zero-order chi connectivity index (χ0) is 10.6. The van der Waals surface area contributed by atoms with Gasteiger partial charge in [0.2, 0.25) is 0 Å². The fourth-order valence-electron chi connectivity index (χ4n) is 1.12. The first-order valence-corrected chi connectivity index (χ1v) is 4.11. The zero-order valence-electron chi connectivity index (χ0n) is 8.24. The van der Waals surface area contributed by atoms with E-state index in [-0.39, 0.29) is 5.78 Å². The van der Waals surface area contributed by atoms with Crippen molar-refractivity contribution >= 4 is 5.78 Å². The number of carbonyl (C=O) groups excluding carboxylic acids is 1. The predicted molar refractivity (Wildman–Crippen MR) is 54.1 cm³/mol. The van der Waals surface area contributed by atoms with Crippen molar-refractivity contribution in [3.05, 3.63) is 36.4 Å². The van der Waals surface area contributed by atoms with Crippen molar-refractivity contribution in [3.63, 3.8) is 0 Å². The molecule has 0 saturated carbocycles. The molecule has 3 nitrogen and oxygen atoms in total. The van der Waals surface area contributed by atoms with Gasteiger partial charge in [0.1, 0.15) is 11.5 Å². The van der Waals surface area contributed by atoms with E-state index in [1.54, 1.807) is 25.3 Å². The highest BCUT2D eigenvalue weighted by molar-refractivity contribution is 6.06. The van der Waals surface area contributed by atoms with Crippen LogP contribution in [0.2, 0.25) is 0 Å². The molecule has 0 aromatic heterocycles. The molecule has 0 spiro atoms. The van der Waals surface area contributed by atoms with Gasteiger partial charge in [-0.1, -0.05) is 6.58 Å². The van der Waals surface area contributed by atoms with E-state index in [1.165, 1.54) is 13.2 Å². The molecule has 3 heteroatoms. The highest BCUT2D eigenvalue weighted by Crippen LogP contribution is 2.24. The number of hydrogen-bond acceptors (Lipinski definition) is 3. The van der Waals surface area contributed by atoms with Gasteiger partial charge in [-0.3, -0.25) is 4.79 Å². The summed E-state index contributed by atoms with van der Waals surface area (Å²) in [6.07, 6.45) is 1.25. The van der Waals surface area contributed by atoms with Crippen molar-refractivity contribution in [2.45, 2.75) is 0 Å². The second-order valence-electron chi connectivity index (χ2n) is 2.63. The Bertz CT molecular complexity index is 356. The number of ether oxygens (including phenoxy) is 2. The topological polar surface area (TPSA) is 35.5 Å². The third-order valence-electron chi connectivity index (χ3n) is 1.86. The van der Waals surface area contributed by atoms with E-state index in [9.17, 15) is 4.79 Å². The van der Waals surface area contributed by atoms with E-state index in [0.717, 1.165) is 0 Å². The molecule has 14 heavy (non-hydrogen) atoms. The lowest BCUT2D eigenvalue weighted by Gasteiger charge is -2.07. The van der Waals surface area contributed by atoms with Gasteiger partial charge < -0.3 is 9.47 Å². The van der Waals surface area contributed by atoms with Crippen LogP contribution in [0.15, 0.2) is 30.9 Å². The molecule has 0 fully saturated rings. The lowest BCUT2D eigenvalue weighted by molar-refractivity contribution is 0.104. The van der Waals surface area contributed by atoms with Crippen LogP contribution < -0.4 is 9.47 Å². The van der Waals surface area contributed by atoms with Gasteiger partial charge in [0.05, 0.1) is 19.8 Å². The van der Waals surface area contributed by atoms with Crippen molar-refractivity contribution < 1.29 is 14.3 Å². The van der Waals surface area contributed by atoms with Crippen LogP contribution in [0.5, 0.6) is 11.5 Å². The Hall–Kier alpha value is -1.77. The SMILES string of the molecule is C=CC(=O)c1cc(OC)ccc1OC. The molecule has 0 aliphatic heterocycles. The fourth-order valence-corrected chi connectivity index (χ4v) is 1.12. The second-order valence-corrected chi connectivity index (χ2v) is 2.63. The number of ketones is 1. The number of hydrogen-bond donors (Lipinski definition) is 0. The zero-order valence-corrected chi connectivity index (χ0v) is 8.24. The summed E-state index contributed by atoms with van der Waals surface area (Å²) in [5.74, 6) is 0.965. The minimum atomic E-state index is -0.180. The van der Waals surface area contributed by atoms with Crippen LogP contribution in [0.4, 0.5) is 0 Å². The molecule has 1 aromatic rings. The monoisotopic (exact) mass is 192 g/mol. The Labute approximate surface area is 83.0 Å². The number of carbonyl (C=O) groups is 1. The van der Waals surface area contributed by atoms with Gasteiger partial charge in [0.15, 0.2) is 5.78 Å². The van der Waals surface area contributed by atoms with Crippen LogP contribution in [0.3, 0.4) is 0 Å². The third kappa shape index (κ3) is 1.93. The number of allylic oxidation sites excluding steroid dienone is 1. The van der Waals surface area contributed by atoms with Crippen molar-refractivity contribution in [2.24, 2.45) is 0 Å². The van der Waals surface area contributed by atoms with Crippen LogP contribution in [0.25, 0.3) is 0 Å². The third-order valence-corrected chi connectivity index (χ3v) is 1.86. The van der Waals surface area contributed by atoms with Crippen LogP contribution in [0.1, 0.15) is 10.4 Å². The summed E-state index contributed by atoms with van der Waals surface area (Å²) in [6.45, 7) is 3.42. The lowest BCUT2D eigenvalue weighted by atomic mass is 10.1. The van der Waals surface area contributed by atoms with Gasteiger partial charge in [-0.05, 0) is 24.3 Å². The molecule has 0 radical (unpaired) electrons. The Morgan fingerprint density at radius 1 is 1.36 bits per heavy atom. The fraction of sp³-hybridized carbons (Fsp3) is 0.182. The average molecular weight is 192 g/mol. The second kappa shape index (κ2) is 4.46. The number of rotatable bonds is 4. The van der Waals surface area contributed by atoms with E-state index in [0.29, 0.717) is 17.1 Å². The van der Waals surface area contributed by atoms with Crippen molar-refractivity contribution in [2.75, 3.05) is 14.2 Å². The summed E-state index contributed by atoms with van der Waals surface area (Å²) in [5, 5.41) is 0. The van der Waals surface area contributed by atoms with Crippen molar-refractivity contribution in [1.82, 2.24) is 0 Å². The van der Waals surface area contributed by atoms with Gasteiger partial charge in [-0.2, -0.15) is 0 Å². The first kappa shape index (κ1) is 10.3. The standard InChI is InChI=1S/C11H12O3/c1-4-10(12)9-7-8(13-2)5-6-11(9)14-3/h4-7H,1H2,2-3H3. The Balaban J connectivity index is 3.21. The molecule has 0 atom stereocenters. The Kier molecular flexibility index (Phi) is 3.29. The molecule has 74 valence electrons. The normalized spacial score (nSPS) is 9.29. The summed E-state index contributed by atoms with van der Waals surface area (Å²) < 4.78 is 10.1. The van der Waals surface area contributed by atoms with Crippen LogP contribution in [-0.2, 0) is 0 Å². The molecule has 0 N–H and O–H groups in total. The molecular weight excluding hydrogens is 180 g/mol. The minimum absolute atomic E-state index is 0.180. The van der Waals surface area contributed by atoms with E-state index in [4.69, 9.17) is 9.47 Å². The summed E-state index contributed by atoms with van der Waals surface area (Å²) in [6, 6.07) is 5.05. The molecule has 1 rings (SSSR count). The first-order valence-electron chi connectivity index (χ1n) is 4.11. The summed E-state index contributed by atoms with van der Waals surface area (Å²) in [4.78, 5) is 11.4. The molecular formula is C11H12O3. The van der Waals surface area contributed by atoms with Gasteiger partial charge in [-0.15, -0.1) is 0 Å². The summed E-state index contributed by atoms with van der Waals surface area (Å²) in [7, 11) is 3.06. The average Bonchev–Trinajstić information content (AvgIpc) is 2.27. The smallest absolute Gasteiger partial charge is 0.189 e. The van der Waals surface area contributed by atoms with Crippen molar-refractivity contribution in [3.8, 4) is 11.5 Å². The molecule has 0 aliphatic rings. The molecule has 0 unspecified atom stereocenters. The molecule has 0 aliphatic carbocycles. The van der Waals surface area contributed by atoms with Crippen molar-refractivity contribution in [1.29, 1.82) is 0 Å². The maximum Gasteiger partial charge on any atom is 0.189 e. The molecule has 0 heterocycles. The summed E-state index contributed by atoms with van der Waals surface area (Å²) in [5.41, 5.74) is 0.460. The van der Waals surface area contributed by atoms with Gasteiger partial charge in [-0.25, -0.2) is 0 Å². The highest BCUT2D eigenvalue weighted by Gasteiger charge is 2.09. The molecule has 0 amide bonds. The van der Waals surface area contributed by atoms with Gasteiger partial charge >= 0.3 is 0 Å². The van der Waals surface area contributed by atoms with E-state index >= 15 is 0 Å². The van der Waals surface area contributed by atoms with Gasteiger partial charge in [0, 0.05) is 0 Å². The minimum Gasteiger partial charge on any atom is -0.497 e. The van der Waals surface area contributed by atoms with Gasteiger partial charge in [0.25, 0.3) is 0 Å². The van der Waals surface area contributed by atoms with E-state index in [2.05, 4.69) is 6.58 Å². The summed E-state index contributed by atoms with van der Waals surface area (Å²) >= 11 is 0. The highest BCUT2D eigenvalue weighted by atomic mass is 16.5. The lowest BCUT2D eigenvalue weighted by Crippen LogP contribution is -1.99. The van der Waals surface area contributed by atoms with Crippen LogP contribution >= 0.6 is 0 Å². The van der Waals surface area contributed by atoms with Crippen LogP contribution in [-0.4, -0.2) is 20.0 Å².